The molecule has 0 radical (unpaired) electrons. The van der Waals surface area contributed by atoms with Crippen molar-refractivity contribution in [3.63, 3.8) is 0 Å². The number of aromatic nitrogens is 2. The van der Waals surface area contributed by atoms with Gasteiger partial charge in [0.15, 0.2) is 17.5 Å². The van der Waals surface area contributed by atoms with E-state index < -0.39 is 17.4 Å². The summed E-state index contributed by atoms with van der Waals surface area (Å²) in [5.74, 6) is -0.536. The summed E-state index contributed by atoms with van der Waals surface area (Å²) in [6, 6.07) is 12.0. The summed E-state index contributed by atoms with van der Waals surface area (Å²) in [4.78, 5) is 21.6. The number of carbonyl (C=O) groups is 1. The third kappa shape index (κ3) is 5.66. The predicted molar refractivity (Wildman–Crippen MR) is 126 cm³/mol. The van der Waals surface area contributed by atoms with Crippen LogP contribution < -0.4 is 10.6 Å². The second-order valence-electron chi connectivity index (χ2n) is 8.68. The number of pyridine rings is 2. The molecule has 172 valence electrons. The fourth-order valence-electron chi connectivity index (χ4n) is 3.39. The largest absolute Gasteiger partial charge is 0.465 e. The lowest BCUT2D eigenvalue weighted by Gasteiger charge is -2.36. The summed E-state index contributed by atoms with van der Waals surface area (Å²) in [5.41, 5.74) is 0.939. The molecule has 2 heterocycles. The second-order valence-corrected chi connectivity index (χ2v) is 8.68. The average molecular weight is 451 g/mol. The van der Waals surface area contributed by atoms with Crippen LogP contribution in [0.15, 0.2) is 42.6 Å². The zero-order valence-corrected chi connectivity index (χ0v) is 19.1. The van der Waals surface area contributed by atoms with E-state index in [0.717, 1.165) is 17.0 Å². The van der Waals surface area contributed by atoms with Crippen LogP contribution in [0.3, 0.4) is 0 Å². The summed E-state index contributed by atoms with van der Waals surface area (Å²) >= 11 is 0. The van der Waals surface area contributed by atoms with Gasteiger partial charge < -0.3 is 20.6 Å². The molecule has 2 aromatic heterocycles. The lowest BCUT2D eigenvalue weighted by Crippen LogP contribution is -2.50. The Hall–Kier alpha value is -3.93. The fraction of sp³-hybridized carbons (Fsp3) is 0.333. The van der Waals surface area contributed by atoms with Gasteiger partial charge in [0.25, 0.3) is 0 Å². The Morgan fingerprint density at radius 3 is 2.67 bits per heavy atom. The predicted octanol–water partition coefficient (Wildman–Crippen LogP) is 5.35. The van der Waals surface area contributed by atoms with Gasteiger partial charge in [-0.25, -0.2) is 14.2 Å². The first-order valence-electron chi connectivity index (χ1n) is 10.6. The number of hydrogen-bond acceptors (Lipinski definition) is 6. The molecule has 1 amide bonds. The maximum atomic E-state index is 14.7. The second kappa shape index (κ2) is 9.69. The molecule has 3 rings (SSSR count). The van der Waals surface area contributed by atoms with Gasteiger partial charge in [0.1, 0.15) is 6.07 Å². The van der Waals surface area contributed by atoms with E-state index in [1.165, 1.54) is 4.90 Å². The molecule has 0 bridgehead atoms. The van der Waals surface area contributed by atoms with Gasteiger partial charge in [-0.3, -0.25) is 4.98 Å². The number of anilines is 3. The van der Waals surface area contributed by atoms with E-state index in [-0.39, 0.29) is 29.8 Å². The SMILES string of the molecule is CC[C@H](CN(C(=O)O)C(C)(C)C)Nc1nc(Nc2ccc3ncccc3c2)c(C#N)cc1F. The first-order chi connectivity index (χ1) is 15.6. The van der Waals surface area contributed by atoms with Gasteiger partial charge in [0, 0.05) is 35.4 Å². The van der Waals surface area contributed by atoms with Gasteiger partial charge >= 0.3 is 6.09 Å². The zero-order valence-electron chi connectivity index (χ0n) is 19.1. The Morgan fingerprint density at radius 1 is 1.27 bits per heavy atom. The average Bonchev–Trinajstić information content (AvgIpc) is 2.77. The summed E-state index contributed by atoms with van der Waals surface area (Å²) in [6.45, 7) is 7.43. The Morgan fingerprint density at radius 2 is 2.03 bits per heavy atom. The highest BCUT2D eigenvalue weighted by Crippen LogP contribution is 2.26. The minimum absolute atomic E-state index is 0.0509. The van der Waals surface area contributed by atoms with Crippen molar-refractivity contribution in [2.45, 2.75) is 45.7 Å². The molecule has 3 N–H and O–H groups in total. The van der Waals surface area contributed by atoms with E-state index in [4.69, 9.17) is 0 Å². The Labute approximate surface area is 192 Å². The monoisotopic (exact) mass is 450 g/mol. The number of amides is 1. The molecule has 0 saturated heterocycles. The smallest absolute Gasteiger partial charge is 0.407 e. The van der Waals surface area contributed by atoms with Crippen LogP contribution in [0.4, 0.5) is 26.5 Å². The number of benzene rings is 1. The maximum absolute atomic E-state index is 14.7. The van der Waals surface area contributed by atoms with Crippen LogP contribution in [-0.2, 0) is 0 Å². The Bertz CT molecular complexity index is 1200. The van der Waals surface area contributed by atoms with Gasteiger partial charge in [-0.1, -0.05) is 13.0 Å². The molecule has 0 unspecified atom stereocenters. The number of nitriles is 1. The minimum Gasteiger partial charge on any atom is -0.465 e. The molecular weight excluding hydrogens is 423 g/mol. The topological polar surface area (TPSA) is 114 Å². The summed E-state index contributed by atoms with van der Waals surface area (Å²) in [7, 11) is 0. The molecule has 0 saturated carbocycles. The highest BCUT2D eigenvalue weighted by molar-refractivity contribution is 5.83. The first-order valence-corrected chi connectivity index (χ1v) is 10.6. The van der Waals surface area contributed by atoms with Crippen LogP contribution in [-0.4, -0.2) is 44.2 Å². The van der Waals surface area contributed by atoms with E-state index in [1.54, 1.807) is 33.0 Å². The molecule has 3 aromatic rings. The van der Waals surface area contributed by atoms with Gasteiger partial charge in [-0.2, -0.15) is 5.26 Å². The van der Waals surface area contributed by atoms with Crippen LogP contribution >= 0.6 is 0 Å². The standard InChI is InChI=1S/C24H27FN6O2/c1-5-17(14-31(23(32)33)24(2,3)4)28-22-19(25)12-16(13-26)21(30-22)29-18-8-9-20-15(11-18)7-6-10-27-20/h6-12,17H,5,14H2,1-4H3,(H,32,33)(H2,28,29,30)/t17-/m1/s1. The highest BCUT2D eigenvalue weighted by atomic mass is 19.1. The van der Waals surface area contributed by atoms with Gasteiger partial charge in [0.2, 0.25) is 0 Å². The molecule has 9 heteroatoms. The summed E-state index contributed by atoms with van der Waals surface area (Å²) in [5, 5.41) is 26.1. The molecule has 1 atom stereocenters. The molecule has 0 aliphatic carbocycles. The van der Waals surface area contributed by atoms with E-state index in [1.807, 2.05) is 37.3 Å². The van der Waals surface area contributed by atoms with Gasteiger partial charge in [0.05, 0.1) is 11.1 Å². The van der Waals surface area contributed by atoms with E-state index in [0.29, 0.717) is 12.1 Å². The molecule has 1 aromatic carbocycles. The van der Waals surface area contributed by atoms with Crippen molar-refractivity contribution in [1.29, 1.82) is 5.26 Å². The fourth-order valence-corrected chi connectivity index (χ4v) is 3.39. The molecular formula is C24H27FN6O2. The van der Waals surface area contributed by atoms with E-state index in [2.05, 4.69) is 20.6 Å². The lowest BCUT2D eigenvalue weighted by molar-refractivity contribution is 0.0971. The van der Waals surface area contributed by atoms with Crippen LogP contribution in [0, 0.1) is 17.1 Å². The van der Waals surface area contributed by atoms with Crippen molar-refractivity contribution < 1.29 is 14.3 Å². The third-order valence-electron chi connectivity index (χ3n) is 5.24. The Kier molecular flexibility index (Phi) is 6.97. The maximum Gasteiger partial charge on any atom is 0.407 e. The third-order valence-corrected chi connectivity index (χ3v) is 5.24. The normalized spacial score (nSPS) is 12.1. The van der Waals surface area contributed by atoms with Crippen LogP contribution in [0.1, 0.15) is 39.7 Å². The van der Waals surface area contributed by atoms with E-state index >= 15 is 0 Å². The van der Waals surface area contributed by atoms with Crippen molar-refractivity contribution in [2.24, 2.45) is 0 Å². The van der Waals surface area contributed by atoms with Crippen LogP contribution in [0.5, 0.6) is 0 Å². The zero-order chi connectivity index (χ0) is 24.2. The molecule has 0 fully saturated rings. The molecule has 33 heavy (non-hydrogen) atoms. The number of nitrogens with one attached hydrogen (secondary N) is 2. The number of halogens is 1. The summed E-state index contributed by atoms with van der Waals surface area (Å²) < 4.78 is 14.7. The van der Waals surface area contributed by atoms with Gasteiger partial charge in [-0.05, 0) is 57.5 Å². The number of hydrogen-bond donors (Lipinski definition) is 3. The number of carboxylic acid groups (broad SMARTS) is 1. The molecule has 0 aliphatic heterocycles. The van der Waals surface area contributed by atoms with Crippen molar-refractivity contribution in [2.75, 3.05) is 17.2 Å². The molecule has 0 spiro atoms. The quantitative estimate of drug-likeness (QED) is 0.444. The first kappa shape index (κ1) is 23.7. The molecule has 8 nitrogen and oxygen atoms in total. The van der Waals surface area contributed by atoms with E-state index in [9.17, 15) is 19.6 Å². The Balaban J connectivity index is 1.89. The number of rotatable bonds is 7. The lowest BCUT2D eigenvalue weighted by atomic mass is 10.0. The minimum atomic E-state index is -1.05. The van der Waals surface area contributed by atoms with Crippen LogP contribution in [0.25, 0.3) is 10.9 Å². The summed E-state index contributed by atoms with van der Waals surface area (Å²) in [6.07, 6.45) is 1.20. The van der Waals surface area contributed by atoms with Crippen molar-refractivity contribution in [3.05, 3.63) is 54.0 Å². The number of nitrogens with zero attached hydrogens (tertiary/aromatic N) is 4. The van der Waals surface area contributed by atoms with Crippen molar-refractivity contribution in [3.8, 4) is 6.07 Å². The number of fused-ring (bicyclic) bond motifs is 1. The van der Waals surface area contributed by atoms with Crippen LogP contribution in [0.2, 0.25) is 0 Å². The molecule has 0 aliphatic rings. The van der Waals surface area contributed by atoms with Gasteiger partial charge in [-0.15, -0.1) is 0 Å². The highest BCUT2D eigenvalue weighted by Gasteiger charge is 2.28. The van der Waals surface area contributed by atoms with Crippen molar-refractivity contribution in [1.82, 2.24) is 14.9 Å². The van der Waals surface area contributed by atoms with Crippen molar-refractivity contribution >= 4 is 34.3 Å².